The van der Waals surface area contributed by atoms with E-state index < -0.39 is 12.1 Å². The van der Waals surface area contributed by atoms with Crippen molar-refractivity contribution >= 4 is 23.5 Å². The van der Waals surface area contributed by atoms with E-state index in [-0.39, 0.29) is 18.3 Å². The van der Waals surface area contributed by atoms with E-state index in [0.29, 0.717) is 6.61 Å². The van der Waals surface area contributed by atoms with Crippen LogP contribution in [0.4, 0.5) is 0 Å². The summed E-state index contributed by atoms with van der Waals surface area (Å²) in [6.45, 7) is 3.90. The molecule has 0 radical (unpaired) electrons. The van der Waals surface area contributed by atoms with E-state index in [1.807, 2.05) is 0 Å². The molecule has 0 aromatic heterocycles. The predicted molar refractivity (Wildman–Crippen MR) is 75.2 cm³/mol. The van der Waals surface area contributed by atoms with Crippen molar-refractivity contribution in [3.05, 3.63) is 0 Å². The molecule has 0 saturated heterocycles. The number of carbonyl (C=O) groups is 2. The average Bonchev–Trinajstić information content (AvgIpc) is 2.36. The van der Waals surface area contributed by atoms with Crippen molar-refractivity contribution < 1.29 is 19.1 Å². The highest BCUT2D eigenvalue weighted by molar-refractivity contribution is 6.18. The molecule has 0 rings (SSSR count). The van der Waals surface area contributed by atoms with Crippen molar-refractivity contribution in [2.75, 3.05) is 12.5 Å². The Morgan fingerprint density at radius 3 is 2.32 bits per heavy atom. The fourth-order valence-electron chi connectivity index (χ4n) is 1.68. The second-order valence-electron chi connectivity index (χ2n) is 4.58. The molecule has 4 nitrogen and oxygen atoms in total. The average molecular weight is 293 g/mol. The van der Waals surface area contributed by atoms with Crippen molar-refractivity contribution in [1.82, 2.24) is 0 Å². The number of unbranched alkanes of at least 4 members (excludes halogenated alkanes) is 5. The topological polar surface area (TPSA) is 52.6 Å². The summed E-state index contributed by atoms with van der Waals surface area (Å²) in [5, 5.41) is 0. The van der Waals surface area contributed by atoms with Gasteiger partial charge in [-0.05, 0) is 6.42 Å². The Morgan fingerprint density at radius 1 is 1.11 bits per heavy atom. The van der Waals surface area contributed by atoms with Gasteiger partial charge in [-0.3, -0.25) is 9.59 Å². The maximum absolute atomic E-state index is 11.5. The highest BCUT2D eigenvalue weighted by atomic mass is 35.5. The zero-order valence-electron chi connectivity index (χ0n) is 12.0. The molecular formula is C14H25ClO4. The Hall–Kier alpha value is -0.770. The summed E-state index contributed by atoms with van der Waals surface area (Å²) in [5.74, 6) is -0.694. The molecule has 0 aromatic rings. The van der Waals surface area contributed by atoms with Crippen molar-refractivity contribution in [2.24, 2.45) is 0 Å². The van der Waals surface area contributed by atoms with Gasteiger partial charge >= 0.3 is 11.9 Å². The number of hydrogen-bond acceptors (Lipinski definition) is 4. The van der Waals surface area contributed by atoms with Gasteiger partial charge in [-0.15, -0.1) is 11.6 Å². The van der Waals surface area contributed by atoms with Gasteiger partial charge in [0.1, 0.15) is 6.10 Å². The lowest BCUT2D eigenvalue weighted by Crippen LogP contribution is -2.23. The van der Waals surface area contributed by atoms with Crippen LogP contribution in [0.3, 0.4) is 0 Å². The first-order chi connectivity index (χ1) is 9.10. The molecule has 0 bridgehead atoms. The molecule has 0 saturated carbocycles. The monoisotopic (exact) mass is 292 g/mol. The Kier molecular flexibility index (Phi) is 11.8. The summed E-state index contributed by atoms with van der Waals surface area (Å²) < 4.78 is 9.94. The molecule has 5 heteroatoms. The van der Waals surface area contributed by atoms with Crippen LogP contribution in [0, 0.1) is 0 Å². The van der Waals surface area contributed by atoms with Crippen LogP contribution in [-0.4, -0.2) is 30.5 Å². The molecule has 19 heavy (non-hydrogen) atoms. The maximum atomic E-state index is 11.5. The number of alkyl halides is 1. The van der Waals surface area contributed by atoms with Gasteiger partial charge in [0.05, 0.1) is 18.9 Å². The van der Waals surface area contributed by atoms with Crippen molar-refractivity contribution in [1.29, 1.82) is 0 Å². The second kappa shape index (κ2) is 12.3. The molecule has 0 amide bonds. The van der Waals surface area contributed by atoms with Gasteiger partial charge in [0.25, 0.3) is 0 Å². The number of halogens is 1. The minimum Gasteiger partial charge on any atom is -0.466 e. The first kappa shape index (κ1) is 18.2. The maximum Gasteiger partial charge on any atom is 0.309 e. The molecule has 1 atom stereocenters. The molecule has 0 heterocycles. The van der Waals surface area contributed by atoms with Crippen LogP contribution >= 0.6 is 11.6 Å². The van der Waals surface area contributed by atoms with E-state index in [1.54, 1.807) is 0 Å². The van der Waals surface area contributed by atoms with E-state index >= 15 is 0 Å². The first-order valence-electron chi connectivity index (χ1n) is 6.99. The van der Waals surface area contributed by atoms with E-state index in [2.05, 4.69) is 6.92 Å². The third kappa shape index (κ3) is 12.0. The van der Waals surface area contributed by atoms with Crippen LogP contribution in [0.25, 0.3) is 0 Å². The van der Waals surface area contributed by atoms with E-state index in [1.165, 1.54) is 32.6 Å². The van der Waals surface area contributed by atoms with Crippen LogP contribution in [-0.2, 0) is 19.1 Å². The highest BCUT2D eigenvalue weighted by Gasteiger charge is 2.16. The highest BCUT2D eigenvalue weighted by Crippen LogP contribution is 2.07. The number of hydrogen-bond donors (Lipinski definition) is 0. The molecule has 112 valence electrons. The standard InChI is InChI=1S/C14H25ClO4/c1-3-4-5-6-7-8-9-18-14(17)10-13(11-15)19-12(2)16/h13H,3-11H2,1-2H3. The summed E-state index contributed by atoms with van der Waals surface area (Å²) in [5.41, 5.74) is 0. The molecule has 0 aliphatic heterocycles. The second-order valence-corrected chi connectivity index (χ2v) is 4.89. The third-order valence-corrected chi connectivity index (χ3v) is 3.00. The summed E-state index contributed by atoms with van der Waals surface area (Å²) in [6, 6.07) is 0. The minimum absolute atomic E-state index is 0.0267. The number of ether oxygens (including phenoxy) is 2. The molecule has 0 aliphatic rings. The van der Waals surface area contributed by atoms with Gasteiger partial charge in [0, 0.05) is 6.92 Å². The van der Waals surface area contributed by atoms with Gasteiger partial charge in [-0.25, -0.2) is 0 Å². The van der Waals surface area contributed by atoms with Crippen LogP contribution in [0.5, 0.6) is 0 Å². The fourth-order valence-corrected chi connectivity index (χ4v) is 1.85. The lowest BCUT2D eigenvalue weighted by atomic mass is 10.1. The molecule has 0 N–H and O–H groups in total. The van der Waals surface area contributed by atoms with E-state index in [9.17, 15) is 9.59 Å². The van der Waals surface area contributed by atoms with Gasteiger partial charge in [0.2, 0.25) is 0 Å². The van der Waals surface area contributed by atoms with Gasteiger partial charge in [-0.2, -0.15) is 0 Å². The van der Waals surface area contributed by atoms with E-state index in [4.69, 9.17) is 21.1 Å². The largest absolute Gasteiger partial charge is 0.466 e. The molecular weight excluding hydrogens is 268 g/mol. The van der Waals surface area contributed by atoms with Crippen LogP contribution in [0.2, 0.25) is 0 Å². The lowest BCUT2D eigenvalue weighted by molar-refractivity contribution is -0.152. The molecule has 0 aromatic carbocycles. The Morgan fingerprint density at radius 2 is 1.74 bits per heavy atom. The van der Waals surface area contributed by atoms with Gasteiger partial charge in [-0.1, -0.05) is 39.0 Å². The fraction of sp³-hybridized carbons (Fsp3) is 0.857. The first-order valence-corrected chi connectivity index (χ1v) is 7.52. The molecule has 0 spiro atoms. The van der Waals surface area contributed by atoms with Crippen molar-refractivity contribution in [3.8, 4) is 0 Å². The number of rotatable bonds is 11. The molecule has 0 aliphatic carbocycles. The SMILES string of the molecule is CCCCCCCCOC(=O)CC(CCl)OC(C)=O. The van der Waals surface area contributed by atoms with Gasteiger partial charge < -0.3 is 9.47 Å². The van der Waals surface area contributed by atoms with E-state index in [0.717, 1.165) is 12.8 Å². The molecule has 1 unspecified atom stereocenters. The third-order valence-electron chi connectivity index (χ3n) is 2.66. The normalized spacial score (nSPS) is 11.9. The zero-order valence-corrected chi connectivity index (χ0v) is 12.7. The zero-order chi connectivity index (χ0) is 14.5. The Labute approximate surface area is 120 Å². The number of carbonyl (C=O) groups excluding carboxylic acids is 2. The predicted octanol–water partition coefficient (Wildman–Crippen LogP) is 3.45. The van der Waals surface area contributed by atoms with Crippen LogP contribution < -0.4 is 0 Å². The summed E-state index contributed by atoms with van der Waals surface area (Å²) in [6.07, 6.45) is 6.32. The van der Waals surface area contributed by atoms with Crippen molar-refractivity contribution in [3.63, 3.8) is 0 Å². The smallest absolute Gasteiger partial charge is 0.309 e. The van der Waals surface area contributed by atoms with Crippen LogP contribution in [0.15, 0.2) is 0 Å². The summed E-state index contributed by atoms with van der Waals surface area (Å²) >= 11 is 5.60. The Balaban J connectivity index is 3.54. The van der Waals surface area contributed by atoms with Gasteiger partial charge in [0.15, 0.2) is 0 Å². The summed E-state index contributed by atoms with van der Waals surface area (Å²) in [4.78, 5) is 22.2. The summed E-state index contributed by atoms with van der Waals surface area (Å²) in [7, 11) is 0. The van der Waals surface area contributed by atoms with Crippen LogP contribution in [0.1, 0.15) is 58.8 Å². The lowest BCUT2D eigenvalue weighted by Gasteiger charge is -2.13. The number of esters is 2. The molecule has 0 fully saturated rings. The minimum atomic E-state index is -0.587. The Bertz CT molecular complexity index is 256. The quantitative estimate of drug-likeness (QED) is 0.332. The van der Waals surface area contributed by atoms with Crippen molar-refractivity contribution in [2.45, 2.75) is 64.9 Å².